The maximum atomic E-state index is 12.1. The number of halogens is 2. The number of carboxylic acid groups (broad SMARTS) is 1. The Morgan fingerprint density at radius 3 is 2.48 bits per heavy atom. The van der Waals surface area contributed by atoms with Crippen LogP contribution in [0.4, 0.5) is 14.5 Å². The summed E-state index contributed by atoms with van der Waals surface area (Å²) in [6.45, 7) is 1.69. The van der Waals surface area contributed by atoms with E-state index >= 15 is 0 Å². The summed E-state index contributed by atoms with van der Waals surface area (Å²) in [5, 5.41) is 21.2. The minimum Gasteiger partial charge on any atom is -0.489 e. The first kappa shape index (κ1) is 20.9. The number of aliphatic hydroxyl groups is 1. The Kier molecular flexibility index (Phi) is 7.34. The van der Waals surface area contributed by atoms with Crippen molar-refractivity contribution in [1.82, 2.24) is 5.32 Å². The molecule has 8 nitrogen and oxygen atoms in total. The molecule has 0 radical (unpaired) electrons. The van der Waals surface area contributed by atoms with Gasteiger partial charge in [-0.05, 0) is 32.9 Å². The highest BCUT2D eigenvalue weighted by molar-refractivity contribution is 5.73. The molecule has 142 valence electrons. The van der Waals surface area contributed by atoms with Crippen LogP contribution in [-0.4, -0.2) is 47.5 Å². The van der Waals surface area contributed by atoms with E-state index in [1.54, 1.807) is 20.8 Å². The lowest BCUT2D eigenvalue weighted by molar-refractivity contribution is -0.190. The van der Waals surface area contributed by atoms with Crippen LogP contribution in [0.2, 0.25) is 0 Å². The predicted molar refractivity (Wildman–Crippen MR) is 84.4 cm³/mol. The summed E-state index contributed by atoms with van der Waals surface area (Å²) in [5.41, 5.74) is 4.95. The fraction of sp³-hybridized carbons (Fsp3) is 0.533. The third-order valence-corrected chi connectivity index (χ3v) is 2.72. The number of nitrogens with two attached hydrogens (primary N) is 1. The molecule has 0 bridgehead atoms. The van der Waals surface area contributed by atoms with Crippen molar-refractivity contribution in [2.45, 2.75) is 45.4 Å². The van der Waals surface area contributed by atoms with Crippen molar-refractivity contribution in [3.63, 3.8) is 0 Å². The van der Waals surface area contributed by atoms with Gasteiger partial charge in [0.25, 0.3) is 0 Å². The first-order valence-electron chi connectivity index (χ1n) is 7.30. The first-order chi connectivity index (χ1) is 11.5. The number of aliphatic carboxylic acids is 1. The number of hydrogen-bond donors (Lipinski definition) is 4. The zero-order chi connectivity index (χ0) is 19.2. The molecule has 1 rings (SSSR count). The normalized spacial score (nSPS) is 14.2. The van der Waals surface area contributed by atoms with Crippen LogP contribution in [0.25, 0.3) is 0 Å². The molecule has 0 spiro atoms. The largest absolute Gasteiger partial charge is 0.489 e. The lowest BCUT2D eigenvalue weighted by Crippen LogP contribution is -2.49. The molecule has 1 unspecified atom stereocenters. The molecule has 0 aliphatic carbocycles. The summed E-state index contributed by atoms with van der Waals surface area (Å²) in [4.78, 5) is 11.2. The van der Waals surface area contributed by atoms with Crippen LogP contribution < -0.4 is 20.5 Å². The number of benzene rings is 1. The second-order valence-electron chi connectivity index (χ2n) is 6.03. The van der Waals surface area contributed by atoms with Gasteiger partial charge in [-0.3, -0.25) is 10.1 Å². The zero-order valence-corrected chi connectivity index (χ0v) is 14.0. The van der Waals surface area contributed by atoms with Crippen LogP contribution in [0.1, 0.15) is 20.8 Å². The highest BCUT2D eigenvalue weighted by Gasteiger charge is 2.25. The molecule has 0 aromatic heterocycles. The number of hydrogen-bond acceptors (Lipinski definition) is 7. The number of nitrogen functional groups attached to an aromatic ring is 1. The molecule has 1 aromatic carbocycles. The average molecular weight is 364 g/mol. The third kappa shape index (κ3) is 7.96. The Balaban J connectivity index is 2.67. The number of carboxylic acids is 1. The molecule has 25 heavy (non-hydrogen) atoms. The first-order valence-corrected chi connectivity index (χ1v) is 7.30. The van der Waals surface area contributed by atoms with Gasteiger partial charge in [-0.15, -0.1) is 0 Å². The van der Waals surface area contributed by atoms with Gasteiger partial charge in [0.05, 0.1) is 11.3 Å². The molecule has 0 heterocycles. The van der Waals surface area contributed by atoms with Crippen molar-refractivity contribution < 1.29 is 38.0 Å². The van der Waals surface area contributed by atoms with Crippen molar-refractivity contribution in [2.24, 2.45) is 0 Å². The molecular weight excluding hydrogens is 342 g/mol. The highest BCUT2D eigenvalue weighted by atomic mass is 19.3. The van der Waals surface area contributed by atoms with Crippen LogP contribution in [0.3, 0.4) is 0 Å². The Morgan fingerprint density at radius 1 is 1.36 bits per heavy atom. The number of alkyl halides is 2. The molecule has 0 saturated heterocycles. The molecule has 0 aliphatic heterocycles. The van der Waals surface area contributed by atoms with Gasteiger partial charge in [0.1, 0.15) is 24.1 Å². The fourth-order valence-corrected chi connectivity index (χ4v) is 1.74. The third-order valence-electron chi connectivity index (χ3n) is 2.72. The van der Waals surface area contributed by atoms with E-state index < -0.39 is 30.6 Å². The Bertz CT molecular complexity index is 580. The summed E-state index contributed by atoms with van der Waals surface area (Å²) >= 11 is 0. The van der Waals surface area contributed by atoms with E-state index in [9.17, 15) is 18.7 Å². The summed E-state index contributed by atoms with van der Waals surface area (Å²) < 4.78 is 38.9. The van der Waals surface area contributed by atoms with Gasteiger partial charge in [-0.2, -0.15) is 8.78 Å². The number of nitrogens with one attached hydrogen (secondary N) is 1. The lowest BCUT2D eigenvalue weighted by Gasteiger charge is -2.26. The Hall–Kier alpha value is -2.17. The average Bonchev–Trinajstić information content (AvgIpc) is 2.42. The number of carbonyl (C=O) groups is 1. The molecule has 10 heteroatoms. The quantitative estimate of drug-likeness (QED) is 0.383. The molecule has 1 aromatic rings. The summed E-state index contributed by atoms with van der Waals surface area (Å²) in [7, 11) is 0. The van der Waals surface area contributed by atoms with E-state index in [4.69, 9.17) is 20.3 Å². The summed E-state index contributed by atoms with van der Waals surface area (Å²) in [6.07, 6.45) is -1.52. The SMILES string of the molecule is CC(C)(C)OC(O)N[C@@H](COc1ccc(OC(F)F)cc1N)C(=O)O. The molecule has 0 amide bonds. The van der Waals surface area contributed by atoms with Gasteiger partial charge < -0.3 is 30.2 Å². The maximum absolute atomic E-state index is 12.1. The van der Waals surface area contributed by atoms with Crippen molar-refractivity contribution in [1.29, 1.82) is 0 Å². The number of ether oxygens (including phenoxy) is 3. The van der Waals surface area contributed by atoms with Gasteiger partial charge in [-0.25, -0.2) is 0 Å². The number of anilines is 1. The van der Waals surface area contributed by atoms with Crippen LogP contribution in [0.5, 0.6) is 11.5 Å². The van der Waals surface area contributed by atoms with Crippen molar-refractivity contribution in [3.05, 3.63) is 18.2 Å². The molecule has 2 atom stereocenters. The van der Waals surface area contributed by atoms with Crippen molar-refractivity contribution in [3.8, 4) is 11.5 Å². The predicted octanol–water partition coefficient (Wildman–Crippen LogP) is 1.38. The van der Waals surface area contributed by atoms with E-state index in [1.165, 1.54) is 12.1 Å². The Morgan fingerprint density at radius 2 is 2.00 bits per heavy atom. The van der Waals surface area contributed by atoms with E-state index in [0.717, 1.165) is 6.07 Å². The molecule has 5 N–H and O–H groups in total. The summed E-state index contributed by atoms with van der Waals surface area (Å²) in [5.74, 6) is -1.35. The zero-order valence-electron chi connectivity index (χ0n) is 14.0. The maximum Gasteiger partial charge on any atom is 0.387 e. The molecular formula is C15H22F2N2O6. The topological polar surface area (TPSA) is 123 Å². The number of rotatable bonds is 9. The molecule has 0 aliphatic rings. The minimum atomic E-state index is -2.99. The van der Waals surface area contributed by atoms with Crippen LogP contribution in [0.15, 0.2) is 18.2 Å². The fourth-order valence-electron chi connectivity index (χ4n) is 1.74. The minimum absolute atomic E-state index is 0.00576. The molecule has 0 saturated carbocycles. The second kappa shape index (κ2) is 8.79. The van der Waals surface area contributed by atoms with E-state index in [2.05, 4.69) is 10.1 Å². The number of aliphatic hydroxyl groups excluding tert-OH is 1. The Labute approximate surface area is 143 Å². The van der Waals surface area contributed by atoms with Gasteiger partial charge in [-0.1, -0.05) is 0 Å². The van der Waals surface area contributed by atoms with Crippen molar-refractivity contribution >= 4 is 11.7 Å². The van der Waals surface area contributed by atoms with Gasteiger partial charge >= 0.3 is 12.6 Å². The van der Waals surface area contributed by atoms with Crippen LogP contribution in [0, 0.1) is 0 Å². The van der Waals surface area contributed by atoms with Gasteiger partial charge in [0.2, 0.25) is 6.41 Å². The lowest BCUT2D eigenvalue weighted by atomic mass is 10.2. The van der Waals surface area contributed by atoms with Crippen LogP contribution >= 0.6 is 0 Å². The monoisotopic (exact) mass is 364 g/mol. The second-order valence-corrected chi connectivity index (χ2v) is 6.03. The smallest absolute Gasteiger partial charge is 0.387 e. The van der Waals surface area contributed by atoms with Crippen molar-refractivity contribution in [2.75, 3.05) is 12.3 Å². The summed E-state index contributed by atoms with van der Waals surface area (Å²) in [6, 6.07) is 2.31. The van der Waals surface area contributed by atoms with E-state index in [0.29, 0.717) is 0 Å². The van der Waals surface area contributed by atoms with E-state index in [1.807, 2.05) is 0 Å². The van der Waals surface area contributed by atoms with Gasteiger partial charge in [0, 0.05) is 6.07 Å². The standard InChI is InChI=1S/C15H22F2N2O6/c1-15(2,3)25-14(22)19-10(12(20)21)7-23-11-5-4-8(6-9(11)18)24-13(16)17/h4-6,10,13-14,19,22H,7,18H2,1-3H3,(H,20,21)/t10-,14?/m0/s1. The van der Waals surface area contributed by atoms with Gasteiger partial charge in [0.15, 0.2) is 0 Å². The van der Waals surface area contributed by atoms with Crippen LogP contribution in [-0.2, 0) is 9.53 Å². The highest BCUT2D eigenvalue weighted by Crippen LogP contribution is 2.27. The van der Waals surface area contributed by atoms with E-state index in [-0.39, 0.29) is 23.8 Å². The molecule has 0 fully saturated rings.